The number of carbonyl (C=O) groups excluding carboxylic acids is 2. The highest BCUT2D eigenvalue weighted by Gasteiger charge is 2.43. The molecule has 0 bridgehead atoms. The first-order valence-electron chi connectivity index (χ1n) is 16.7. The second-order valence-corrected chi connectivity index (χ2v) is 14.5. The number of hydrogen-bond acceptors (Lipinski definition) is 9. The van der Waals surface area contributed by atoms with Gasteiger partial charge in [-0.05, 0) is 64.0 Å². The van der Waals surface area contributed by atoms with Gasteiger partial charge < -0.3 is 29.5 Å². The largest absolute Gasteiger partial charge is 0.459 e. The fourth-order valence-electron chi connectivity index (χ4n) is 6.80. The van der Waals surface area contributed by atoms with Gasteiger partial charge in [-0.1, -0.05) is 36.4 Å². The lowest BCUT2D eigenvalue weighted by Gasteiger charge is -2.42. The van der Waals surface area contributed by atoms with Crippen LogP contribution in [0.5, 0.6) is 6.01 Å². The summed E-state index contributed by atoms with van der Waals surface area (Å²) < 4.78 is 40.6. The van der Waals surface area contributed by atoms with E-state index in [2.05, 4.69) is 22.9 Å². The van der Waals surface area contributed by atoms with Crippen molar-refractivity contribution in [3.05, 3.63) is 64.8 Å². The molecule has 1 N–H and O–H groups in total. The molecule has 2 amide bonds. The Morgan fingerprint density at radius 1 is 1.16 bits per heavy atom. The molecule has 0 radical (unpaired) electrons. The van der Waals surface area contributed by atoms with E-state index in [9.17, 15) is 23.6 Å². The minimum absolute atomic E-state index is 0.00514. The van der Waals surface area contributed by atoms with Crippen LogP contribution in [0.2, 0.25) is 5.02 Å². The number of rotatable bonds is 8. The number of ether oxygens (including phenoxy) is 2. The average Bonchev–Trinajstić information content (AvgIpc) is 3.05. The van der Waals surface area contributed by atoms with Crippen molar-refractivity contribution in [2.75, 3.05) is 42.6 Å². The lowest BCUT2D eigenvalue weighted by Crippen LogP contribution is -2.56. The van der Waals surface area contributed by atoms with Gasteiger partial charge in [0.05, 0.1) is 35.8 Å². The van der Waals surface area contributed by atoms with Gasteiger partial charge in [-0.2, -0.15) is 15.2 Å². The molecule has 6 rings (SSSR count). The normalized spacial score (nSPS) is 18.5. The minimum Gasteiger partial charge on any atom is -0.459 e. The predicted molar refractivity (Wildman–Crippen MR) is 185 cm³/mol. The van der Waals surface area contributed by atoms with Crippen molar-refractivity contribution >= 4 is 45.9 Å². The van der Waals surface area contributed by atoms with Crippen LogP contribution in [-0.4, -0.2) is 76.8 Å². The summed E-state index contributed by atoms with van der Waals surface area (Å²) in [6.45, 7) is 10.4. The van der Waals surface area contributed by atoms with Crippen LogP contribution in [0.4, 0.5) is 25.1 Å². The average molecular weight is 708 g/mol. The number of carbonyl (C=O) groups is 2. The molecule has 3 aliphatic rings. The van der Waals surface area contributed by atoms with Crippen LogP contribution < -0.4 is 19.9 Å². The number of nitrogens with zero attached hydrogens (tertiary/aromatic N) is 6. The smallest absolute Gasteiger partial charge is 0.408 e. The zero-order valence-corrected chi connectivity index (χ0v) is 29.2. The summed E-state index contributed by atoms with van der Waals surface area (Å²) in [4.78, 5) is 40.4. The topological polar surface area (TPSA) is 124 Å². The van der Waals surface area contributed by atoms with E-state index in [0.717, 1.165) is 23.1 Å². The molecule has 0 spiro atoms. The number of amides is 2. The van der Waals surface area contributed by atoms with Crippen molar-refractivity contribution in [3.63, 3.8) is 0 Å². The second-order valence-electron chi connectivity index (χ2n) is 14.1. The maximum Gasteiger partial charge on any atom is 0.408 e. The van der Waals surface area contributed by atoms with Crippen LogP contribution in [-0.2, 0) is 22.5 Å². The first kappa shape index (κ1) is 35.1. The number of piperazine rings is 1. The molecular formula is C36H40ClF2N7O4. The van der Waals surface area contributed by atoms with E-state index < -0.39 is 40.8 Å². The highest BCUT2D eigenvalue weighted by molar-refractivity contribution is 6.36. The molecule has 14 heteroatoms. The Morgan fingerprint density at radius 2 is 1.94 bits per heavy atom. The van der Waals surface area contributed by atoms with Crippen LogP contribution in [0.1, 0.15) is 57.7 Å². The molecular weight excluding hydrogens is 668 g/mol. The maximum atomic E-state index is 14.6. The molecule has 1 saturated carbocycles. The molecule has 1 atom stereocenters. The summed E-state index contributed by atoms with van der Waals surface area (Å²) in [6, 6.07) is 10.3. The minimum atomic E-state index is -1.08. The Balaban J connectivity index is 1.33. The molecule has 2 aliphatic heterocycles. The van der Waals surface area contributed by atoms with E-state index in [0.29, 0.717) is 55.8 Å². The molecule has 2 aromatic carbocycles. The molecule has 11 nitrogen and oxygen atoms in total. The van der Waals surface area contributed by atoms with Gasteiger partial charge >= 0.3 is 12.1 Å². The number of aromatic nitrogens is 2. The van der Waals surface area contributed by atoms with E-state index >= 15 is 0 Å². The van der Waals surface area contributed by atoms with E-state index in [1.165, 1.54) is 11.0 Å². The Kier molecular flexibility index (Phi) is 9.77. The Bertz CT molecular complexity index is 1870. The second kappa shape index (κ2) is 13.9. The number of halogens is 3. The number of alkyl carbamates (subject to hydrolysis) is 1. The fourth-order valence-corrected chi connectivity index (χ4v) is 7.07. The standard InChI is InChI=1S/C36H40ClF2N7O4/c1-22(38)32(47)46-18-17-45(19-24(46)11-15-40)31-25-12-16-44(28-8-5-7-23-9-10-26(39)30(37)29(23)28)20-27(25)41-33(42-31)49-21-36(13-6-14-36)50-34(48)43-35(2,3)4/h5,7-10,24H,1,6,11-14,16-21H2,2-4H3,(H,43,48)/t24-/m0/s1. The summed E-state index contributed by atoms with van der Waals surface area (Å²) in [6.07, 6.45) is 2.12. The summed E-state index contributed by atoms with van der Waals surface area (Å²) in [5.74, 6) is -1.82. The molecule has 2 fully saturated rings. The Hall–Kier alpha value is -4.70. The zero-order valence-electron chi connectivity index (χ0n) is 28.4. The van der Waals surface area contributed by atoms with Gasteiger partial charge in [-0.3, -0.25) is 4.79 Å². The lowest BCUT2D eigenvalue weighted by atomic mass is 9.81. The van der Waals surface area contributed by atoms with Crippen LogP contribution in [0.15, 0.2) is 42.7 Å². The van der Waals surface area contributed by atoms with Gasteiger partial charge in [0.1, 0.15) is 23.8 Å². The Morgan fingerprint density at radius 3 is 2.62 bits per heavy atom. The van der Waals surface area contributed by atoms with Crippen LogP contribution in [0, 0.1) is 17.1 Å². The molecule has 1 aromatic heterocycles. The van der Waals surface area contributed by atoms with Gasteiger partial charge in [0.2, 0.25) is 0 Å². The lowest BCUT2D eigenvalue weighted by molar-refractivity contribution is -0.131. The summed E-state index contributed by atoms with van der Waals surface area (Å²) in [5.41, 5.74) is 1.02. The van der Waals surface area contributed by atoms with E-state index in [4.69, 9.17) is 31.0 Å². The van der Waals surface area contributed by atoms with Crippen molar-refractivity contribution in [2.45, 2.75) is 76.6 Å². The summed E-state index contributed by atoms with van der Waals surface area (Å²) in [5, 5.41) is 13.8. The molecule has 50 heavy (non-hydrogen) atoms. The first-order chi connectivity index (χ1) is 23.8. The predicted octanol–water partition coefficient (Wildman–Crippen LogP) is 6.23. The van der Waals surface area contributed by atoms with Crippen molar-refractivity contribution in [2.24, 2.45) is 0 Å². The Labute approximate surface area is 294 Å². The third-order valence-electron chi connectivity index (χ3n) is 9.39. The number of nitrogens with one attached hydrogen (secondary N) is 1. The molecule has 264 valence electrons. The number of anilines is 2. The van der Waals surface area contributed by atoms with Crippen LogP contribution in [0.25, 0.3) is 10.8 Å². The third-order valence-corrected chi connectivity index (χ3v) is 9.76. The van der Waals surface area contributed by atoms with E-state index in [1.54, 1.807) is 6.07 Å². The third kappa shape index (κ3) is 7.26. The van der Waals surface area contributed by atoms with Crippen LogP contribution >= 0.6 is 11.6 Å². The van der Waals surface area contributed by atoms with Gasteiger partial charge in [0, 0.05) is 48.4 Å². The van der Waals surface area contributed by atoms with Crippen molar-refractivity contribution in [1.82, 2.24) is 20.2 Å². The SMILES string of the molecule is C=C(F)C(=O)N1CCN(c2nc(OCC3(OC(=O)NC(C)(C)C)CCC3)nc3c2CCN(c2cccc4ccc(F)c(Cl)c24)C3)C[C@@H]1CC#N. The highest BCUT2D eigenvalue weighted by atomic mass is 35.5. The highest BCUT2D eigenvalue weighted by Crippen LogP contribution is 2.40. The first-order valence-corrected chi connectivity index (χ1v) is 17.1. The molecule has 0 unspecified atom stereocenters. The fraction of sp³-hybridized carbons (Fsp3) is 0.472. The van der Waals surface area contributed by atoms with Gasteiger partial charge in [-0.25, -0.2) is 13.6 Å². The number of hydrogen-bond donors (Lipinski definition) is 1. The molecule has 3 heterocycles. The molecule has 1 aliphatic carbocycles. The van der Waals surface area contributed by atoms with Crippen LogP contribution in [0.3, 0.4) is 0 Å². The number of fused-ring (bicyclic) bond motifs is 2. The van der Waals surface area contributed by atoms with E-state index in [1.807, 2.05) is 43.9 Å². The number of nitriles is 1. The van der Waals surface area contributed by atoms with Gasteiger partial charge in [0.25, 0.3) is 5.91 Å². The monoisotopic (exact) mass is 707 g/mol. The number of benzene rings is 2. The van der Waals surface area contributed by atoms with Gasteiger partial charge in [0.15, 0.2) is 5.83 Å². The molecule has 1 saturated heterocycles. The van der Waals surface area contributed by atoms with Gasteiger partial charge in [-0.15, -0.1) is 0 Å². The summed E-state index contributed by atoms with van der Waals surface area (Å²) >= 11 is 6.50. The molecule has 3 aromatic rings. The van der Waals surface area contributed by atoms with Crippen molar-refractivity contribution in [1.29, 1.82) is 5.26 Å². The summed E-state index contributed by atoms with van der Waals surface area (Å²) in [7, 11) is 0. The van der Waals surface area contributed by atoms with Crippen molar-refractivity contribution < 1.29 is 27.8 Å². The van der Waals surface area contributed by atoms with Crippen molar-refractivity contribution in [3.8, 4) is 12.1 Å². The quantitative estimate of drug-likeness (QED) is 0.272. The maximum absolute atomic E-state index is 14.6. The zero-order chi connectivity index (χ0) is 35.8. The van der Waals surface area contributed by atoms with E-state index in [-0.39, 0.29) is 37.2 Å².